The average molecular weight is 326 g/mol. The number of ether oxygens (including phenoxy) is 1. The summed E-state index contributed by atoms with van der Waals surface area (Å²) in [5.41, 5.74) is 1.15. The number of hydrogen-bond acceptors (Lipinski definition) is 2. The second kappa shape index (κ2) is 7.18. The van der Waals surface area contributed by atoms with Crippen LogP contribution in [0.5, 0.6) is 5.75 Å². The Kier molecular flexibility index (Phi) is 5.56. The molecule has 1 saturated carbocycles. The molecule has 0 aromatic heterocycles. The van der Waals surface area contributed by atoms with E-state index in [4.69, 9.17) is 4.74 Å². The van der Waals surface area contributed by atoms with E-state index in [2.05, 4.69) is 34.2 Å². The van der Waals surface area contributed by atoms with Crippen LogP contribution in [-0.4, -0.2) is 13.2 Å². The van der Waals surface area contributed by atoms with Gasteiger partial charge in [0.2, 0.25) is 0 Å². The van der Waals surface area contributed by atoms with Gasteiger partial charge in [-0.2, -0.15) is 0 Å². The SMILES string of the molecule is CCC1CCCC(Nc2cc(OC)ccc2Br)CC1. The van der Waals surface area contributed by atoms with Gasteiger partial charge >= 0.3 is 0 Å². The van der Waals surface area contributed by atoms with E-state index in [-0.39, 0.29) is 0 Å². The molecule has 3 heteroatoms. The van der Waals surface area contributed by atoms with Crippen molar-refractivity contribution in [3.63, 3.8) is 0 Å². The first kappa shape index (κ1) is 14.7. The third-order valence-corrected chi connectivity index (χ3v) is 4.89. The lowest BCUT2D eigenvalue weighted by Crippen LogP contribution is -2.18. The van der Waals surface area contributed by atoms with Gasteiger partial charge in [-0.25, -0.2) is 0 Å². The van der Waals surface area contributed by atoms with Crippen molar-refractivity contribution in [2.45, 2.75) is 51.5 Å². The normalized spacial score (nSPS) is 23.7. The van der Waals surface area contributed by atoms with Crippen LogP contribution in [0, 0.1) is 5.92 Å². The van der Waals surface area contributed by atoms with Gasteiger partial charge in [-0.1, -0.05) is 26.2 Å². The van der Waals surface area contributed by atoms with Crippen molar-refractivity contribution in [1.29, 1.82) is 0 Å². The van der Waals surface area contributed by atoms with Crippen LogP contribution >= 0.6 is 15.9 Å². The molecule has 1 N–H and O–H groups in total. The highest BCUT2D eigenvalue weighted by Crippen LogP contribution is 2.31. The molecule has 0 saturated heterocycles. The molecule has 0 amide bonds. The van der Waals surface area contributed by atoms with Gasteiger partial charge in [0.05, 0.1) is 12.8 Å². The zero-order valence-electron chi connectivity index (χ0n) is 11.9. The van der Waals surface area contributed by atoms with Gasteiger partial charge in [0, 0.05) is 16.6 Å². The Hall–Kier alpha value is -0.700. The first-order valence-corrected chi connectivity index (χ1v) is 8.12. The van der Waals surface area contributed by atoms with Crippen molar-refractivity contribution in [2.24, 2.45) is 5.92 Å². The minimum Gasteiger partial charge on any atom is -0.497 e. The van der Waals surface area contributed by atoms with E-state index in [1.165, 1.54) is 38.5 Å². The molecule has 106 valence electrons. The van der Waals surface area contributed by atoms with E-state index in [0.717, 1.165) is 21.8 Å². The summed E-state index contributed by atoms with van der Waals surface area (Å²) in [6.07, 6.45) is 7.99. The van der Waals surface area contributed by atoms with E-state index < -0.39 is 0 Å². The van der Waals surface area contributed by atoms with Gasteiger partial charge in [0.1, 0.15) is 5.75 Å². The fourth-order valence-corrected chi connectivity index (χ4v) is 3.25. The van der Waals surface area contributed by atoms with Crippen LogP contribution in [0.2, 0.25) is 0 Å². The summed E-state index contributed by atoms with van der Waals surface area (Å²) in [6, 6.07) is 6.70. The van der Waals surface area contributed by atoms with Gasteiger partial charge in [-0.3, -0.25) is 0 Å². The molecule has 1 fully saturated rings. The zero-order valence-corrected chi connectivity index (χ0v) is 13.5. The Morgan fingerprint density at radius 1 is 1.26 bits per heavy atom. The molecule has 1 aliphatic carbocycles. The minimum atomic E-state index is 0.597. The number of methoxy groups -OCH3 is 1. The summed E-state index contributed by atoms with van der Waals surface area (Å²) in [7, 11) is 1.71. The number of nitrogens with one attached hydrogen (secondary N) is 1. The van der Waals surface area contributed by atoms with Crippen molar-refractivity contribution in [2.75, 3.05) is 12.4 Å². The molecule has 0 spiro atoms. The molecule has 2 unspecified atom stereocenters. The second-order valence-corrected chi connectivity index (χ2v) is 6.32. The maximum Gasteiger partial charge on any atom is 0.121 e. The maximum atomic E-state index is 5.30. The van der Waals surface area contributed by atoms with Crippen molar-refractivity contribution >= 4 is 21.6 Å². The second-order valence-electron chi connectivity index (χ2n) is 5.47. The zero-order chi connectivity index (χ0) is 13.7. The summed E-state index contributed by atoms with van der Waals surface area (Å²) < 4.78 is 6.41. The van der Waals surface area contributed by atoms with Crippen LogP contribution in [0.1, 0.15) is 45.4 Å². The Balaban J connectivity index is 2.00. The fraction of sp³-hybridized carbons (Fsp3) is 0.625. The molecule has 0 heterocycles. The molecular weight excluding hydrogens is 302 g/mol. The third-order valence-electron chi connectivity index (χ3n) is 4.20. The van der Waals surface area contributed by atoms with E-state index in [0.29, 0.717) is 6.04 Å². The van der Waals surface area contributed by atoms with Gasteiger partial charge < -0.3 is 10.1 Å². The number of benzene rings is 1. The van der Waals surface area contributed by atoms with Crippen LogP contribution in [0.25, 0.3) is 0 Å². The van der Waals surface area contributed by atoms with Crippen LogP contribution in [0.15, 0.2) is 22.7 Å². The van der Waals surface area contributed by atoms with Crippen molar-refractivity contribution in [3.8, 4) is 5.75 Å². The first-order valence-electron chi connectivity index (χ1n) is 7.33. The van der Waals surface area contributed by atoms with E-state index >= 15 is 0 Å². The summed E-state index contributed by atoms with van der Waals surface area (Å²) in [5.74, 6) is 1.84. The van der Waals surface area contributed by atoms with Crippen LogP contribution in [0.3, 0.4) is 0 Å². The highest BCUT2D eigenvalue weighted by Gasteiger charge is 2.18. The van der Waals surface area contributed by atoms with Crippen molar-refractivity contribution < 1.29 is 4.74 Å². The van der Waals surface area contributed by atoms with Gasteiger partial charge in [-0.15, -0.1) is 0 Å². The van der Waals surface area contributed by atoms with Crippen LogP contribution < -0.4 is 10.1 Å². The molecule has 1 aromatic carbocycles. The Morgan fingerprint density at radius 3 is 2.84 bits per heavy atom. The molecule has 19 heavy (non-hydrogen) atoms. The molecular formula is C16H24BrNO. The van der Waals surface area contributed by atoms with Gasteiger partial charge in [0.25, 0.3) is 0 Å². The van der Waals surface area contributed by atoms with E-state index in [1.807, 2.05) is 12.1 Å². The molecule has 0 bridgehead atoms. The average Bonchev–Trinajstić information content (AvgIpc) is 2.66. The quantitative estimate of drug-likeness (QED) is 0.765. The molecule has 1 aromatic rings. The summed E-state index contributed by atoms with van der Waals surface area (Å²) >= 11 is 3.61. The molecule has 2 atom stereocenters. The smallest absolute Gasteiger partial charge is 0.121 e. The summed E-state index contributed by atoms with van der Waals surface area (Å²) in [4.78, 5) is 0. The molecule has 2 rings (SSSR count). The van der Waals surface area contributed by atoms with Crippen molar-refractivity contribution in [3.05, 3.63) is 22.7 Å². The lowest BCUT2D eigenvalue weighted by atomic mass is 9.98. The van der Waals surface area contributed by atoms with Gasteiger partial charge in [0.15, 0.2) is 0 Å². The number of rotatable bonds is 4. The molecule has 2 nitrogen and oxygen atoms in total. The monoisotopic (exact) mass is 325 g/mol. The highest BCUT2D eigenvalue weighted by atomic mass is 79.9. The predicted molar refractivity (Wildman–Crippen MR) is 85.0 cm³/mol. The first-order chi connectivity index (χ1) is 9.22. The largest absolute Gasteiger partial charge is 0.497 e. The Labute approximate surface area is 125 Å². The lowest BCUT2D eigenvalue weighted by molar-refractivity contribution is 0.415. The Bertz CT molecular complexity index is 408. The van der Waals surface area contributed by atoms with Crippen LogP contribution in [-0.2, 0) is 0 Å². The van der Waals surface area contributed by atoms with Crippen LogP contribution in [0.4, 0.5) is 5.69 Å². The van der Waals surface area contributed by atoms with E-state index in [9.17, 15) is 0 Å². The number of hydrogen-bond donors (Lipinski definition) is 1. The van der Waals surface area contributed by atoms with Gasteiger partial charge in [-0.05, 0) is 53.2 Å². The molecule has 1 aliphatic rings. The fourth-order valence-electron chi connectivity index (χ4n) is 2.89. The topological polar surface area (TPSA) is 21.3 Å². The highest BCUT2D eigenvalue weighted by molar-refractivity contribution is 9.10. The van der Waals surface area contributed by atoms with Crippen molar-refractivity contribution in [1.82, 2.24) is 0 Å². The standard InChI is InChI=1S/C16H24BrNO/c1-3-12-5-4-6-13(8-7-12)18-16-11-14(19-2)9-10-15(16)17/h9-13,18H,3-8H2,1-2H3. The van der Waals surface area contributed by atoms with E-state index in [1.54, 1.807) is 7.11 Å². The third kappa shape index (κ3) is 4.13. The predicted octanol–water partition coefficient (Wildman–Crippen LogP) is 5.23. The molecule has 0 aliphatic heterocycles. The lowest BCUT2D eigenvalue weighted by Gasteiger charge is -2.19. The summed E-state index contributed by atoms with van der Waals surface area (Å²) in [6.45, 7) is 2.32. The maximum absolute atomic E-state index is 5.30. The minimum absolute atomic E-state index is 0.597. The number of halogens is 1. The summed E-state index contributed by atoms with van der Waals surface area (Å²) in [5, 5.41) is 3.68. The molecule has 0 radical (unpaired) electrons. The number of anilines is 1. The Morgan fingerprint density at radius 2 is 2.11 bits per heavy atom.